The van der Waals surface area contributed by atoms with Gasteiger partial charge in [-0.3, -0.25) is 14.5 Å². The Labute approximate surface area is 135 Å². The molecular weight excluding hydrogens is 320 g/mol. The Bertz CT molecular complexity index is 699. The van der Waals surface area contributed by atoms with E-state index in [1.807, 2.05) is 0 Å². The fourth-order valence-electron chi connectivity index (χ4n) is 2.99. The van der Waals surface area contributed by atoms with Gasteiger partial charge in [-0.05, 0) is 17.7 Å². The van der Waals surface area contributed by atoms with Crippen LogP contribution in [0.1, 0.15) is 20.7 Å². The third kappa shape index (κ3) is 2.33. The number of ether oxygens (including phenoxy) is 1. The molecule has 0 radical (unpaired) electrons. The van der Waals surface area contributed by atoms with Crippen molar-refractivity contribution in [2.75, 3.05) is 6.61 Å². The van der Waals surface area contributed by atoms with Crippen molar-refractivity contribution in [3.63, 3.8) is 0 Å². The number of azide groups is 1. The van der Waals surface area contributed by atoms with Gasteiger partial charge in [0.1, 0.15) is 24.4 Å². The summed E-state index contributed by atoms with van der Waals surface area (Å²) in [5.41, 5.74) is 8.97. The standard InChI is InChI=1S/C14H14N4O6/c15-17-16-12-9(11(21)10(20)8(5-19)24-12)18-13(22)6-3-1-2-4-7(6)14(18)23/h1-4,8-12,19-21H,5H2/t8-,9-,10-,11-,12-/m1/s1. The van der Waals surface area contributed by atoms with Crippen LogP contribution in [0.4, 0.5) is 0 Å². The molecule has 1 fully saturated rings. The maximum atomic E-state index is 12.5. The number of aliphatic hydroxyl groups excluding tert-OH is 3. The van der Waals surface area contributed by atoms with Gasteiger partial charge in [-0.15, -0.1) is 0 Å². The molecule has 1 saturated heterocycles. The lowest BCUT2D eigenvalue weighted by molar-refractivity contribution is -0.202. The third-order valence-electron chi connectivity index (χ3n) is 4.16. The molecule has 126 valence electrons. The van der Waals surface area contributed by atoms with Gasteiger partial charge in [0.2, 0.25) is 0 Å². The Kier molecular flexibility index (Phi) is 4.22. The van der Waals surface area contributed by atoms with Crippen LogP contribution >= 0.6 is 0 Å². The van der Waals surface area contributed by atoms with Gasteiger partial charge in [-0.2, -0.15) is 0 Å². The number of carbonyl (C=O) groups is 2. The molecule has 2 aliphatic rings. The molecular formula is C14H14N4O6. The third-order valence-corrected chi connectivity index (χ3v) is 4.16. The number of benzene rings is 1. The fraction of sp³-hybridized carbons (Fsp3) is 0.429. The van der Waals surface area contributed by atoms with E-state index in [1.54, 1.807) is 12.1 Å². The Morgan fingerprint density at radius 2 is 1.75 bits per heavy atom. The predicted molar refractivity (Wildman–Crippen MR) is 77.6 cm³/mol. The van der Waals surface area contributed by atoms with E-state index in [0.29, 0.717) is 0 Å². The van der Waals surface area contributed by atoms with E-state index in [2.05, 4.69) is 10.0 Å². The maximum Gasteiger partial charge on any atom is 0.261 e. The summed E-state index contributed by atoms with van der Waals surface area (Å²) < 4.78 is 5.25. The predicted octanol–water partition coefficient (Wildman–Crippen LogP) is -0.600. The second kappa shape index (κ2) is 6.19. The Morgan fingerprint density at radius 1 is 1.17 bits per heavy atom. The van der Waals surface area contributed by atoms with Crippen LogP contribution in [0, 0.1) is 0 Å². The lowest BCUT2D eigenvalue weighted by Crippen LogP contribution is -2.64. The molecule has 0 bridgehead atoms. The van der Waals surface area contributed by atoms with Crippen molar-refractivity contribution in [1.82, 2.24) is 4.90 Å². The molecule has 10 nitrogen and oxygen atoms in total. The average Bonchev–Trinajstić information content (AvgIpc) is 2.83. The van der Waals surface area contributed by atoms with Gasteiger partial charge in [0.15, 0.2) is 6.23 Å². The highest BCUT2D eigenvalue weighted by Crippen LogP contribution is 2.32. The van der Waals surface area contributed by atoms with Crippen LogP contribution in [0.5, 0.6) is 0 Å². The molecule has 1 aromatic carbocycles. The molecule has 0 aliphatic carbocycles. The fourth-order valence-corrected chi connectivity index (χ4v) is 2.99. The largest absolute Gasteiger partial charge is 0.394 e. The SMILES string of the molecule is [N-]=[N+]=N[C@@H]1O[C@H](CO)[C@@H](O)[C@H](O)[C@H]1N1C(=O)c2ccccc2C1=O. The quantitative estimate of drug-likeness (QED) is 0.290. The number of imide groups is 1. The normalized spacial score (nSPS) is 32.5. The Hall–Kier alpha value is -2.49. The number of hydrogen-bond donors (Lipinski definition) is 3. The highest BCUT2D eigenvalue weighted by Gasteiger charge is 2.52. The molecule has 5 atom stereocenters. The first-order valence-corrected chi connectivity index (χ1v) is 7.14. The molecule has 3 rings (SSSR count). The summed E-state index contributed by atoms with van der Waals surface area (Å²) in [6, 6.07) is 4.68. The first-order chi connectivity index (χ1) is 11.5. The van der Waals surface area contributed by atoms with Crippen molar-refractivity contribution >= 4 is 11.8 Å². The van der Waals surface area contributed by atoms with Crippen LogP contribution in [-0.2, 0) is 4.74 Å². The lowest BCUT2D eigenvalue weighted by atomic mass is 9.95. The summed E-state index contributed by atoms with van der Waals surface area (Å²) in [5.74, 6) is -1.37. The Morgan fingerprint density at radius 3 is 2.25 bits per heavy atom. The maximum absolute atomic E-state index is 12.5. The number of rotatable bonds is 3. The first kappa shape index (κ1) is 16.4. The second-order valence-corrected chi connectivity index (χ2v) is 5.45. The van der Waals surface area contributed by atoms with Crippen LogP contribution in [0.15, 0.2) is 29.4 Å². The van der Waals surface area contributed by atoms with Gasteiger partial charge in [-0.25, -0.2) is 0 Å². The minimum absolute atomic E-state index is 0.146. The second-order valence-electron chi connectivity index (χ2n) is 5.45. The highest BCUT2D eigenvalue weighted by molar-refractivity contribution is 6.21. The van der Waals surface area contributed by atoms with E-state index in [1.165, 1.54) is 12.1 Å². The van der Waals surface area contributed by atoms with Gasteiger partial charge in [0, 0.05) is 4.91 Å². The molecule has 3 N–H and O–H groups in total. The smallest absolute Gasteiger partial charge is 0.261 e. The van der Waals surface area contributed by atoms with Gasteiger partial charge < -0.3 is 20.1 Å². The van der Waals surface area contributed by atoms with Crippen LogP contribution in [-0.4, -0.2) is 69.2 Å². The van der Waals surface area contributed by atoms with Crippen LogP contribution in [0.2, 0.25) is 0 Å². The molecule has 2 amide bonds. The van der Waals surface area contributed by atoms with Crippen molar-refractivity contribution < 1.29 is 29.6 Å². The first-order valence-electron chi connectivity index (χ1n) is 7.14. The number of nitrogens with zero attached hydrogens (tertiary/aromatic N) is 4. The van der Waals surface area contributed by atoms with E-state index in [4.69, 9.17) is 10.3 Å². The lowest BCUT2D eigenvalue weighted by Gasteiger charge is -2.43. The van der Waals surface area contributed by atoms with E-state index in [9.17, 15) is 24.9 Å². The monoisotopic (exact) mass is 334 g/mol. The van der Waals surface area contributed by atoms with Crippen molar-refractivity contribution in [3.8, 4) is 0 Å². The van der Waals surface area contributed by atoms with E-state index in [-0.39, 0.29) is 11.1 Å². The number of carbonyl (C=O) groups excluding carboxylic acids is 2. The number of amides is 2. The van der Waals surface area contributed by atoms with Crippen molar-refractivity contribution in [1.29, 1.82) is 0 Å². The minimum atomic E-state index is -1.64. The topological polar surface area (TPSA) is 156 Å². The number of aliphatic hydroxyl groups is 3. The zero-order valence-corrected chi connectivity index (χ0v) is 12.3. The van der Waals surface area contributed by atoms with Crippen molar-refractivity contribution in [2.45, 2.75) is 30.6 Å². The summed E-state index contributed by atoms with van der Waals surface area (Å²) in [6.07, 6.45) is -5.85. The Balaban J connectivity index is 2.02. The molecule has 0 unspecified atom stereocenters. The average molecular weight is 334 g/mol. The van der Waals surface area contributed by atoms with Crippen LogP contribution in [0.3, 0.4) is 0 Å². The number of fused-ring (bicyclic) bond motifs is 1. The van der Waals surface area contributed by atoms with Gasteiger partial charge in [0.05, 0.1) is 17.7 Å². The van der Waals surface area contributed by atoms with Crippen LogP contribution in [0.25, 0.3) is 10.4 Å². The zero-order chi connectivity index (χ0) is 17.4. The molecule has 0 saturated carbocycles. The summed E-state index contributed by atoms with van der Waals surface area (Å²) in [4.78, 5) is 28.4. The van der Waals surface area contributed by atoms with E-state index in [0.717, 1.165) is 4.90 Å². The highest BCUT2D eigenvalue weighted by atomic mass is 16.5. The van der Waals surface area contributed by atoms with Crippen LogP contribution < -0.4 is 0 Å². The summed E-state index contributed by atoms with van der Waals surface area (Å²) in [7, 11) is 0. The summed E-state index contributed by atoms with van der Waals surface area (Å²) in [6.45, 7) is -0.634. The minimum Gasteiger partial charge on any atom is -0.394 e. The summed E-state index contributed by atoms with van der Waals surface area (Å²) >= 11 is 0. The van der Waals surface area contributed by atoms with Gasteiger partial charge in [-0.1, -0.05) is 17.2 Å². The molecule has 2 aliphatic heterocycles. The number of hydrogen-bond acceptors (Lipinski definition) is 7. The molecule has 0 spiro atoms. The molecule has 10 heteroatoms. The summed E-state index contributed by atoms with van der Waals surface area (Å²) in [5, 5.41) is 32.9. The van der Waals surface area contributed by atoms with E-state index < -0.39 is 49.0 Å². The molecule has 2 heterocycles. The molecule has 0 aromatic heterocycles. The molecule has 24 heavy (non-hydrogen) atoms. The van der Waals surface area contributed by atoms with Gasteiger partial charge >= 0.3 is 0 Å². The van der Waals surface area contributed by atoms with Gasteiger partial charge in [0.25, 0.3) is 11.8 Å². The van der Waals surface area contributed by atoms with E-state index >= 15 is 0 Å². The van der Waals surface area contributed by atoms with Crippen molar-refractivity contribution in [2.24, 2.45) is 5.11 Å². The zero-order valence-electron chi connectivity index (χ0n) is 12.3. The van der Waals surface area contributed by atoms with Crippen molar-refractivity contribution in [3.05, 3.63) is 45.8 Å². The molecule has 1 aromatic rings.